The highest BCUT2D eigenvalue weighted by molar-refractivity contribution is 5.09. The number of hydrogen-bond donors (Lipinski definition) is 1. The summed E-state index contributed by atoms with van der Waals surface area (Å²) >= 11 is 0. The summed E-state index contributed by atoms with van der Waals surface area (Å²) in [6, 6.07) is 0. The van der Waals surface area contributed by atoms with Gasteiger partial charge in [-0.25, -0.2) is 0 Å². The van der Waals surface area contributed by atoms with E-state index in [0.29, 0.717) is 6.10 Å². The molecule has 0 aliphatic heterocycles. The average molecular weight is 184 g/mol. The molecule has 0 saturated heterocycles. The molecule has 13 heavy (non-hydrogen) atoms. The summed E-state index contributed by atoms with van der Waals surface area (Å²) in [6.45, 7) is 6.26. The standard InChI is InChI=1S/C11H20O2/c1-10(2,3)13-9-7-8(12)11(9)5-4-6-11/h8-9,12H,4-7H2,1-3H3. The van der Waals surface area contributed by atoms with Gasteiger partial charge in [0.2, 0.25) is 0 Å². The van der Waals surface area contributed by atoms with Gasteiger partial charge >= 0.3 is 0 Å². The van der Waals surface area contributed by atoms with Gasteiger partial charge in [-0.2, -0.15) is 0 Å². The Balaban J connectivity index is 1.96. The predicted molar refractivity (Wildman–Crippen MR) is 51.5 cm³/mol. The molecule has 2 aliphatic rings. The van der Waals surface area contributed by atoms with Crippen molar-refractivity contribution >= 4 is 0 Å². The minimum Gasteiger partial charge on any atom is -0.392 e. The lowest BCUT2D eigenvalue weighted by atomic mass is 9.52. The van der Waals surface area contributed by atoms with Crippen LogP contribution in [0.25, 0.3) is 0 Å². The molecule has 2 atom stereocenters. The van der Waals surface area contributed by atoms with E-state index in [-0.39, 0.29) is 17.1 Å². The van der Waals surface area contributed by atoms with Gasteiger partial charge in [-0.15, -0.1) is 0 Å². The first kappa shape index (κ1) is 9.47. The molecule has 0 heterocycles. The molecule has 0 amide bonds. The summed E-state index contributed by atoms with van der Waals surface area (Å²) in [6.07, 6.45) is 4.66. The number of ether oxygens (including phenoxy) is 1. The first-order valence-electron chi connectivity index (χ1n) is 5.30. The molecule has 0 bridgehead atoms. The number of aliphatic hydroxyl groups excluding tert-OH is 1. The third-order valence-corrected chi connectivity index (χ3v) is 3.52. The molecule has 0 aromatic carbocycles. The fraction of sp³-hybridized carbons (Fsp3) is 1.00. The van der Waals surface area contributed by atoms with Gasteiger partial charge in [0.1, 0.15) is 0 Å². The molecular formula is C11H20O2. The normalized spacial score (nSPS) is 36.9. The lowest BCUT2D eigenvalue weighted by Crippen LogP contribution is -2.63. The Labute approximate surface area is 80.3 Å². The SMILES string of the molecule is CC(C)(C)OC1CC(O)C12CCC2. The van der Waals surface area contributed by atoms with E-state index in [1.807, 2.05) is 0 Å². The summed E-state index contributed by atoms with van der Waals surface area (Å²) < 4.78 is 5.94. The summed E-state index contributed by atoms with van der Waals surface area (Å²) in [5, 5.41) is 9.71. The van der Waals surface area contributed by atoms with E-state index >= 15 is 0 Å². The fourth-order valence-electron chi connectivity index (χ4n) is 2.56. The van der Waals surface area contributed by atoms with Crippen LogP contribution >= 0.6 is 0 Å². The first-order valence-corrected chi connectivity index (χ1v) is 5.30. The van der Waals surface area contributed by atoms with Crippen LogP contribution < -0.4 is 0 Å². The van der Waals surface area contributed by atoms with E-state index in [1.165, 1.54) is 6.42 Å². The molecule has 0 aromatic heterocycles. The summed E-state index contributed by atoms with van der Waals surface area (Å²) in [7, 11) is 0. The molecule has 0 aromatic rings. The van der Waals surface area contributed by atoms with Crippen molar-refractivity contribution in [3.8, 4) is 0 Å². The van der Waals surface area contributed by atoms with Gasteiger partial charge in [0.05, 0.1) is 17.8 Å². The van der Waals surface area contributed by atoms with Crippen LogP contribution in [0.5, 0.6) is 0 Å². The monoisotopic (exact) mass is 184 g/mol. The van der Waals surface area contributed by atoms with Crippen LogP contribution in [0.15, 0.2) is 0 Å². The smallest absolute Gasteiger partial charge is 0.0688 e. The van der Waals surface area contributed by atoms with Gasteiger partial charge in [-0.05, 0) is 33.6 Å². The molecule has 2 fully saturated rings. The number of aliphatic hydroxyl groups is 1. The second-order valence-corrected chi connectivity index (χ2v) is 5.56. The van der Waals surface area contributed by atoms with Gasteiger partial charge in [-0.1, -0.05) is 6.42 Å². The maximum Gasteiger partial charge on any atom is 0.0688 e. The van der Waals surface area contributed by atoms with Gasteiger partial charge in [0, 0.05) is 11.8 Å². The van der Waals surface area contributed by atoms with Gasteiger partial charge in [-0.3, -0.25) is 0 Å². The quantitative estimate of drug-likeness (QED) is 0.676. The Hall–Kier alpha value is -0.0800. The second-order valence-electron chi connectivity index (χ2n) is 5.56. The maximum atomic E-state index is 9.71. The van der Waals surface area contributed by atoms with Crippen molar-refractivity contribution in [2.45, 2.75) is 64.3 Å². The van der Waals surface area contributed by atoms with Crippen LogP contribution in [-0.4, -0.2) is 22.9 Å². The van der Waals surface area contributed by atoms with E-state index in [0.717, 1.165) is 19.3 Å². The number of hydrogen-bond acceptors (Lipinski definition) is 2. The van der Waals surface area contributed by atoms with Crippen molar-refractivity contribution in [1.82, 2.24) is 0 Å². The van der Waals surface area contributed by atoms with Gasteiger partial charge < -0.3 is 9.84 Å². The maximum absolute atomic E-state index is 9.71. The molecule has 1 spiro atoms. The zero-order chi connectivity index (χ0) is 9.69. The molecule has 2 aliphatic carbocycles. The number of rotatable bonds is 1. The molecule has 0 radical (unpaired) electrons. The van der Waals surface area contributed by atoms with Crippen LogP contribution in [0.1, 0.15) is 46.5 Å². The topological polar surface area (TPSA) is 29.5 Å². The molecule has 2 rings (SSSR count). The van der Waals surface area contributed by atoms with Crippen LogP contribution in [0, 0.1) is 5.41 Å². The minimum atomic E-state index is -0.0893. The lowest BCUT2D eigenvalue weighted by molar-refractivity contribution is -0.254. The molecule has 2 saturated carbocycles. The van der Waals surface area contributed by atoms with Gasteiger partial charge in [0.25, 0.3) is 0 Å². The highest BCUT2D eigenvalue weighted by atomic mass is 16.5. The average Bonchev–Trinajstić information content (AvgIpc) is 1.78. The zero-order valence-corrected chi connectivity index (χ0v) is 8.84. The zero-order valence-electron chi connectivity index (χ0n) is 8.84. The Bertz CT molecular complexity index is 201. The Morgan fingerprint density at radius 2 is 1.92 bits per heavy atom. The lowest BCUT2D eigenvalue weighted by Gasteiger charge is -2.60. The van der Waals surface area contributed by atoms with E-state index < -0.39 is 0 Å². The largest absolute Gasteiger partial charge is 0.392 e. The third kappa shape index (κ3) is 1.40. The van der Waals surface area contributed by atoms with E-state index in [1.54, 1.807) is 0 Å². The van der Waals surface area contributed by atoms with Crippen molar-refractivity contribution in [3.05, 3.63) is 0 Å². The van der Waals surface area contributed by atoms with Crippen molar-refractivity contribution in [2.75, 3.05) is 0 Å². The van der Waals surface area contributed by atoms with Crippen molar-refractivity contribution < 1.29 is 9.84 Å². The van der Waals surface area contributed by atoms with Crippen LogP contribution in [-0.2, 0) is 4.74 Å². The highest BCUT2D eigenvalue weighted by Gasteiger charge is 2.59. The van der Waals surface area contributed by atoms with Crippen molar-refractivity contribution in [3.63, 3.8) is 0 Å². The second kappa shape index (κ2) is 2.71. The van der Waals surface area contributed by atoms with E-state index in [2.05, 4.69) is 20.8 Å². The van der Waals surface area contributed by atoms with Crippen molar-refractivity contribution in [1.29, 1.82) is 0 Å². The minimum absolute atomic E-state index is 0.0621. The van der Waals surface area contributed by atoms with Gasteiger partial charge in [0.15, 0.2) is 0 Å². The molecule has 2 heteroatoms. The Morgan fingerprint density at radius 1 is 1.31 bits per heavy atom. The Kier molecular flexibility index (Phi) is 1.97. The van der Waals surface area contributed by atoms with E-state index in [4.69, 9.17) is 4.74 Å². The fourth-order valence-corrected chi connectivity index (χ4v) is 2.56. The van der Waals surface area contributed by atoms with E-state index in [9.17, 15) is 5.11 Å². The molecule has 76 valence electrons. The predicted octanol–water partition coefficient (Wildman–Crippen LogP) is 2.10. The molecular weight excluding hydrogens is 164 g/mol. The first-order chi connectivity index (χ1) is 5.94. The Morgan fingerprint density at radius 3 is 2.23 bits per heavy atom. The molecule has 1 N–H and O–H groups in total. The summed E-state index contributed by atoms with van der Waals surface area (Å²) in [5.74, 6) is 0. The van der Waals surface area contributed by atoms with Crippen LogP contribution in [0.4, 0.5) is 0 Å². The summed E-state index contributed by atoms with van der Waals surface area (Å²) in [4.78, 5) is 0. The van der Waals surface area contributed by atoms with Crippen LogP contribution in [0.3, 0.4) is 0 Å². The third-order valence-electron chi connectivity index (χ3n) is 3.52. The van der Waals surface area contributed by atoms with Crippen molar-refractivity contribution in [2.24, 2.45) is 5.41 Å². The molecule has 2 nitrogen and oxygen atoms in total. The highest BCUT2D eigenvalue weighted by Crippen LogP contribution is 2.57. The van der Waals surface area contributed by atoms with Crippen LogP contribution in [0.2, 0.25) is 0 Å². The summed E-state index contributed by atoms with van der Waals surface area (Å²) in [5.41, 5.74) is 0.0979. The molecule has 2 unspecified atom stereocenters.